The zero-order valence-electron chi connectivity index (χ0n) is 17.1. The van der Waals surface area contributed by atoms with Crippen LogP contribution in [0.15, 0.2) is 89.9 Å². The van der Waals surface area contributed by atoms with Crippen molar-refractivity contribution in [2.45, 2.75) is 19.4 Å². The molecule has 30 heavy (non-hydrogen) atoms. The normalized spacial score (nSPS) is 11.8. The molecule has 0 unspecified atom stereocenters. The highest BCUT2D eigenvalue weighted by molar-refractivity contribution is 6.13. The second kappa shape index (κ2) is 8.78. The molecule has 0 saturated heterocycles. The highest BCUT2D eigenvalue weighted by atomic mass is 16.5. The highest BCUT2D eigenvalue weighted by Gasteiger charge is 2.23. The number of nitrogens with zero attached hydrogens (tertiary/aromatic N) is 1. The van der Waals surface area contributed by atoms with Crippen LogP contribution < -0.4 is 0 Å². The maximum absolute atomic E-state index is 12.7. The minimum atomic E-state index is -0.650. The fraction of sp³-hybridized carbons (Fsp3) is 0.154. The number of methoxy groups -OCH3 is 1. The number of benzene rings is 3. The summed E-state index contributed by atoms with van der Waals surface area (Å²) in [7, 11) is 1.41. The Bertz CT molecular complexity index is 1140. The topological polar surface area (TPSA) is 54.5 Å². The lowest BCUT2D eigenvalue weighted by molar-refractivity contribution is -0.142. The standard InChI is InChI=1S/C26H24N2O2/c1-18-22(21-15-9-10-16-23(21)27-18)17-24(26(29)30-2)28-25(19-11-5-3-6-12-19)20-13-7-4-8-14-20/h3-16,24,27H,17H2,1-2H3/t24-/m0/s1. The second-order valence-electron chi connectivity index (χ2n) is 7.23. The molecule has 0 aliphatic carbocycles. The number of carbonyl (C=O) groups excluding carboxylic acids is 1. The van der Waals surface area contributed by atoms with Gasteiger partial charge in [0.2, 0.25) is 0 Å². The van der Waals surface area contributed by atoms with Crippen LogP contribution in [0.2, 0.25) is 0 Å². The average Bonchev–Trinajstić information content (AvgIpc) is 3.12. The minimum Gasteiger partial charge on any atom is -0.467 e. The molecule has 1 atom stereocenters. The Morgan fingerprint density at radius 3 is 2.07 bits per heavy atom. The fourth-order valence-electron chi connectivity index (χ4n) is 3.77. The third kappa shape index (κ3) is 4.03. The molecule has 0 amide bonds. The quantitative estimate of drug-likeness (QED) is 0.364. The summed E-state index contributed by atoms with van der Waals surface area (Å²) >= 11 is 0. The lowest BCUT2D eigenvalue weighted by Crippen LogP contribution is -2.25. The molecule has 1 N–H and O–H groups in total. The first kappa shape index (κ1) is 19.6. The summed E-state index contributed by atoms with van der Waals surface area (Å²) in [6.07, 6.45) is 0.464. The van der Waals surface area contributed by atoms with Gasteiger partial charge in [0, 0.05) is 34.1 Å². The molecule has 0 saturated carbocycles. The molecule has 0 aliphatic heterocycles. The molecule has 0 fully saturated rings. The van der Waals surface area contributed by atoms with Crippen molar-refractivity contribution in [2.75, 3.05) is 7.11 Å². The van der Waals surface area contributed by atoms with Crippen LogP contribution >= 0.6 is 0 Å². The van der Waals surface area contributed by atoms with Crippen LogP contribution in [0, 0.1) is 6.92 Å². The van der Waals surface area contributed by atoms with Gasteiger partial charge in [0.15, 0.2) is 6.04 Å². The number of fused-ring (bicyclic) bond motifs is 1. The number of esters is 1. The predicted octanol–water partition coefficient (Wildman–Crippen LogP) is 5.10. The Hall–Kier alpha value is -3.66. The number of nitrogens with one attached hydrogen (secondary N) is 1. The van der Waals surface area contributed by atoms with E-state index in [1.54, 1.807) is 0 Å². The van der Waals surface area contributed by atoms with Crippen LogP contribution in [0.5, 0.6) is 0 Å². The van der Waals surface area contributed by atoms with Gasteiger partial charge in [-0.2, -0.15) is 0 Å². The lowest BCUT2D eigenvalue weighted by Gasteiger charge is -2.15. The maximum Gasteiger partial charge on any atom is 0.330 e. The fourth-order valence-corrected chi connectivity index (χ4v) is 3.77. The number of carbonyl (C=O) groups is 1. The van der Waals surface area contributed by atoms with Gasteiger partial charge in [-0.15, -0.1) is 0 Å². The Labute approximate surface area is 176 Å². The van der Waals surface area contributed by atoms with E-state index in [0.717, 1.165) is 39.0 Å². The second-order valence-corrected chi connectivity index (χ2v) is 7.23. The molecule has 1 aromatic heterocycles. The highest BCUT2D eigenvalue weighted by Crippen LogP contribution is 2.25. The predicted molar refractivity (Wildman–Crippen MR) is 121 cm³/mol. The molecule has 0 bridgehead atoms. The zero-order chi connectivity index (χ0) is 20.9. The monoisotopic (exact) mass is 396 g/mol. The molecule has 4 nitrogen and oxygen atoms in total. The van der Waals surface area contributed by atoms with Crippen molar-refractivity contribution in [3.05, 3.63) is 107 Å². The van der Waals surface area contributed by atoms with E-state index in [1.807, 2.05) is 85.8 Å². The summed E-state index contributed by atoms with van der Waals surface area (Å²) in [6, 6.07) is 27.4. The van der Waals surface area contributed by atoms with Crippen molar-refractivity contribution in [3.63, 3.8) is 0 Å². The number of aliphatic imine (C=N–C) groups is 1. The molecule has 0 aliphatic rings. The number of aromatic nitrogens is 1. The molecule has 150 valence electrons. The molecule has 4 heteroatoms. The van der Waals surface area contributed by atoms with Crippen molar-refractivity contribution < 1.29 is 9.53 Å². The number of hydrogen-bond acceptors (Lipinski definition) is 3. The molecule has 1 heterocycles. The van der Waals surface area contributed by atoms with Crippen LogP contribution in [0.4, 0.5) is 0 Å². The zero-order valence-corrected chi connectivity index (χ0v) is 17.1. The van der Waals surface area contributed by atoms with E-state index in [9.17, 15) is 4.79 Å². The van der Waals surface area contributed by atoms with Crippen molar-refractivity contribution in [1.82, 2.24) is 4.98 Å². The smallest absolute Gasteiger partial charge is 0.330 e. The molecular formula is C26H24N2O2. The molecular weight excluding hydrogens is 372 g/mol. The molecule has 4 aromatic rings. The Morgan fingerprint density at radius 1 is 0.900 bits per heavy atom. The van der Waals surface area contributed by atoms with E-state index in [-0.39, 0.29) is 5.97 Å². The van der Waals surface area contributed by atoms with Crippen LogP contribution in [0.1, 0.15) is 22.4 Å². The van der Waals surface area contributed by atoms with Crippen LogP contribution in [-0.4, -0.2) is 29.8 Å². The van der Waals surface area contributed by atoms with Gasteiger partial charge in [0.25, 0.3) is 0 Å². The lowest BCUT2D eigenvalue weighted by atomic mass is 9.99. The van der Waals surface area contributed by atoms with E-state index in [4.69, 9.17) is 9.73 Å². The number of hydrogen-bond donors (Lipinski definition) is 1. The number of rotatable bonds is 6. The van der Waals surface area contributed by atoms with Crippen molar-refractivity contribution >= 4 is 22.6 Å². The van der Waals surface area contributed by atoms with Crippen molar-refractivity contribution in [2.24, 2.45) is 4.99 Å². The van der Waals surface area contributed by atoms with E-state index < -0.39 is 6.04 Å². The Kier molecular flexibility index (Phi) is 5.75. The van der Waals surface area contributed by atoms with Crippen LogP contribution in [-0.2, 0) is 16.0 Å². The third-order valence-electron chi connectivity index (χ3n) is 5.28. The largest absolute Gasteiger partial charge is 0.467 e. The number of aromatic amines is 1. The number of para-hydroxylation sites is 1. The Morgan fingerprint density at radius 2 is 1.47 bits per heavy atom. The van der Waals surface area contributed by atoms with Gasteiger partial charge < -0.3 is 9.72 Å². The first-order valence-electron chi connectivity index (χ1n) is 10.00. The van der Waals surface area contributed by atoms with E-state index in [1.165, 1.54) is 7.11 Å². The summed E-state index contributed by atoms with van der Waals surface area (Å²) in [5.41, 5.74) is 5.90. The number of ether oxygens (including phenoxy) is 1. The molecule has 4 rings (SSSR count). The van der Waals surface area contributed by atoms with Gasteiger partial charge in [-0.1, -0.05) is 78.9 Å². The minimum absolute atomic E-state index is 0.343. The number of aryl methyl sites for hydroxylation is 1. The van der Waals surface area contributed by atoms with Crippen LogP contribution in [0.3, 0.4) is 0 Å². The van der Waals surface area contributed by atoms with Gasteiger partial charge in [-0.25, -0.2) is 4.79 Å². The van der Waals surface area contributed by atoms with E-state index >= 15 is 0 Å². The molecule has 3 aromatic carbocycles. The molecule has 0 radical (unpaired) electrons. The first-order chi connectivity index (χ1) is 14.7. The summed E-state index contributed by atoms with van der Waals surface area (Å²) in [5, 5.41) is 1.11. The van der Waals surface area contributed by atoms with Gasteiger partial charge in [0.05, 0.1) is 12.8 Å². The number of H-pyrrole nitrogens is 1. The first-order valence-corrected chi connectivity index (χ1v) is 10.00. The van der Waals surface area contributed by atoms with Crippen LogP contribution in [0.25, 0.3) is 10.9 Å². The maximum atomic E-state index is 12.7. The van der Waals surface area contributed by atoms with Gasteiger partial charge in [0.1, 0.15) is 0 Å². The SMILES string of the molecule is COC(=O)[C@H](Cc1c(C)[nH]c2ccccc12)N=C(c1ccccc1)c1ccccc1. The summed E-state index contributed by atoms with van der Waals surface area (Å²) in [5.74, 6) is -0.343. The van der Waals surface area contributed by atoms with E-state index in [2.05, 4.69) is 11.1 Å². The van der Waals surface area contributed by atoms with Crippen molar-refractivity contribution in [1.29, 1.82) is 0 Å². The summed E-state index contributed by atoms with van der Waals surface area (Å²) in [4.78, 5) is 21.1. The van der Waals surface area contributed by atoms with E-state index in [0.29, 0.717) is 6.42 Å². The summed E-state index contributed by atoms with van der Waals surface area (Å²) in [6.45, 7) is 2.03. The van der Waals surface area contributed by atoms with Gasteiger partial charge in [-0.05, 0) is 18.6 Å². The summed E-state index contributed by atoms with van der Waals surface area (Å²) < 4.78 is 5.13. The van der Waals surface area contributed by atoms with Gasteiger partial charge >= 0.3 is 5.97 Å². The third-order valence-corrected chi connectivity index (χ3v) is 5.28. The Balaban J connectivity index is 1.81. The molecule has 0 spiro atoms. The van der Waals surface area contributed by atoms with Crippen molar-refractivity contribution in [3.8, 4) is 0 Å². The van der Waals surface area contributed by atoms with Gasteiger partial charge in [-0.3, -0.25) is 4.99 Å². The average molecular weight is 396 g/mol.